The van der Waals surface area contributed by atoms with Crippen LogP contribution >= 0.6 is 11.3 Å². The molecular weight excluding hydrogens is 236 g/mol. The summed E-state index contributed by atoms with van der Waals surface area (Å²) >= 11 is 1.33. The van der Waals surface area contributed by atoms with Crippen LogP contribution in [0.25, 0.3) is 10.6 Å². The Kier molecular flexibility index (Phi) is 3.21. The molecule has 4 nitrogen and oxygen atoms in total. The van der Waals surface area contributed by atoms with E-state index in [2.05, 4.69) is 4.98 Å². The minimum atomic E-state index is -0.0926. The highest BCUT2D eigenvalue weighted by molar-refractivity contribution is 7.17. The molecule has 2 rings (SSSR count). The molecule has 0 bridgehead atoms. The van der Waals surface area contributed by atoms with E-state index in [1.165, 1.54) is 11.3 Å². The third kappa shape index (κ3) is 2.35. The number of carbonyl (C=O) groups excluding carboxylic acids is 1. The smallest absolute Gasteiger partial charge is 0.188 e. The summed E-state index contributed by atoms with van der Waals surface area (Å²) in [6, 6.07) is 6.72. The van der Waals surface area contributed by atoms with Gasteiger partial charge in [-0.25, -0.2) is 4.98 Å². The summed E-state index contributed by atoms with van der Waals surface area (Å²) < 4.78 is 0. The Labute approximate surface area is 103 Å². The SMILES string of the molecule is Cc1nc(-c2ccc(O)cc2)sc1C(=O)CN. The molecule has 88 valence electrons. The molecule has 0 spiro atoms. The standard InChI is InChI=1S/C12H12N2O2S/c1-7-11(10(16)6-13)17-12(14-7)8-2-4-9(15)5-3-8/h2-5,15H,6,13H2,1H3. The highest BCUT2D eigenvalue weighted by Gasteiger charge is 2.14. The van der Waals surface area contributed by atoms with Crippen molar-refractivity contribution in [3.05, 3.63) is 34.8 Å². The van der Waals surface area contributed by atoms with Gasteiger partial charge in [0.25, 0.3) is 0 Å². The normalized spacial score (nSPS) is 10.5. The molecule has 1 heterocycles. The van der Waals surface area contributed by atoms with Gasteiger partial charge in [-0.2, -0.15) is 0 Å². The van der Waals surface area contributed by atoms with E-state index in [0.29, 0.717) is 10.6 Å². The van der Waals surface area contributed by atoms with Crippen molar-refractivity contribution in [1.29, 1.82) is 0 Å². The van der Waals surface area contributed by atoms with Gasteiger partial charge in [-0.15, -0.1) is 11.3 Å². The van der Waals surface area contributed by atoms with Crippen LogP contribution in [0, 0.1) is 6.92 Å². The number of phenolic OH excluding ortho intramolecular Hbond substituents is 1. The fourth-order valence-corrected chi connectivity index (χ4v) is 2.50. The molecule has 1 aromatic heterocycles. The number of hydrogen-bond acceptors (Lipinski definition) is 5. The Balaban J connectivity index is 2.41. The molecule has 2 aromatic rings. The number of ketones is 1. The maximum absolute atomic E-state index is 11.5. The monoisotopic (exact) mass is 248 g/mol. The summed E-state index contributed by atoms with van der Waals surface area (Å²) in [6.07, 6.45) is 0. The number of hydrogen-bond donors (Lipinski definition) is 2. The first-order valence-corrected chi connectivity index (χ1v) is 5.93. The largest absolute Gasteiger partial charge is 0.508 e. The van der Waals surface area contributed by atoms with Crippen molar-refractivity contribution >= 4 is 17.1 Å². The average molecular weight is 248 g/mol. The molecule has 0 saturated heterocycles. The zero-order chi connectivity index (χ0) is 12.4. The second-order valence-electron chi connectivity index (χ2n) is 3.61. The lowest BCUT2D eigenvalue weighted by Gasteiger charge is -1.95. The Hall–Kier alpha value is -1.72. The molecular formula is C12H12N2O2S. The van der Waals surface area contributed by atoms with Crippen molar-refractivity contribution in [2.45, 2.75) is 6.92 Å². The number of rotatable bonds is 3. The maximum Gasteiger partial charge on any atom is 0.188 e. The van der Waals surface area contributed by atoms with E-state index < -0.39 is 0 Å². The van der Waals surface area contributed by atoms with Crippen LogP contribution in [0.3, 0.4) is 0 Å². The van der Waals surface area contributed by atoms with Crippen LogP contribution in [0.1, 0.15) is 15.4 Å². The molecule has 0 fully saturated rings. The molecule has 0 atom stereocenters. The van der Waals surface area contributed by atoms with Gasteiger partial charge in [0, 0.05) is 5.56 Å². The lowest BCUT2D eigenvalue weighted by Crippen LogP contribution is -2.13. The average Bonchev–Trinajstić information content (AvgIpc) is 2.71. The van der Waals surface area contributed by atoms with Crippen LogP contribution in [0.2, 0.25) is 0 Å². The predicted octanol–water partition coefficient (Wildman–Crippen LogP) is 1.97. The summed E-state index contributed by atoms with van der Waals surface area (Å²) in [5.74, 6) is 0.116. The van der Waals surface area contributed by atoms with Gasteiger partial charge in [-0.3, -0.25) is 4.79 Å². The number of aromatic hydroxyl groups is 1. The van der Waals surface area contributed by atoms with E-state index in [9.17, 15) is 9.90 Å². The second kappa shape index (κ2) is 4.65. The van der Waals surface area contributed by atoms with Gasteiger partial charge in [0.15, 0.2) is 5.78 Å². The van der Waals surface area contributed by atoms with E-state index in [4.69, 9.17) is 5.73 Å². The van der Waals surface area contributed by atoms with Gasteiger partial charge >= 0.3 is 0 Å². The molecule has 0 aliphatic carbocycles. The van der Waals surface area contributed by atoms with E-state index in [1.807, 2.05) is 0 Å². The highest BCUT2D eigenvalue weighted by atomic mass is 32.1. The minimum absolute atomic E-state index is 0.00193. The van der Waals surface area contributed by atoms with E-state index in [0.717, 1.165) is 10.6 Å². The first-order chi connectivity index (χ1) is 8.11. The number of thiazole rings is 1. The van der Waals surface area contributed by atoms with E-state index in [1.54, 1.807) is 31.2 Å². The molecule has 0 saturated carbocycles. The number of Topliss-reactive ketones (excluding diaryl/α,β-unsaturated/α-hetero) is 1. The molecule has 5 heteroatoms. The Morgan fingerprint density at radius 3 is 2.65 bits per heavy atom. The number of aryl methyl sites for hydroxylation is 1. The number of nitrogens with two attached hydrogens (primary N) is 1. The summed E-state index contributed by atoms with van der Waals surface area (Å²) in [5, 5.41) is 9.97. The van der Waals surface area contributed by atoms with Gasteiger partial charge in [-0.05, 0) is 31.2 Å². The lowest BCUT2D eigenvalue weighted by atomic mass is 10.2. The fourth-order valence-electron chi connectivity index (χ4n) is 1.48. The van der Waals surface area contributed by atoms with E-state index in [-0.39, 0.29) is 18.1 Å². The van der Waals surface area contributed by atoms with Gasteiger partial charge in [0.05, 0.1) is 17.1 Å². The number of carbonyl (C=O) groups is 1. The Morgan fingerprint density at radius 2 is 2.06 bits per heavy atom. The first-order valence-electron chi connectivity index (χ1n) is 5.12. The molecule has 0 radical (unpaired) electrons. The van der Waals surface area contributed by atoms with Crippen molar-refractivity contribution < 1.29 is 9.90 Å². The molecule has 0 unspecified atom stereocenters. The van der Waals surface area contributed by atoms with Gasteiger partial charge < -0.3 is 10.8 Å². The quantitative estimate of drug-likeness (QED) is 0.814. The highest BCUT2D eigenvalue weighted by Crippen LogP contribution is 2.29. The summed E-state index contributed by atoms with van der Waals surface area (Å²) in [4.78, 5) is 16.5. The van der Waals surface area contributed by atoms with Crippen molar-refractivity contribution in [3.8, 4) is 16.3 Å². The van der Waals surface area contributed by atoms with Gasteiger partial charge in [-0.1, -0.05) is 0 Å². The third-order valence-electron chi connectivity index (χ3n) is 2.35. The molecule has 17 heavy (non-hydrogen) atoms. The van der Waals surface area contributed by atoms with Crippen molar-refractivity contribution in [2.75, 3.05) is 6.54 Å². The van der Waals surface area contributed by atoms with Crippen LogP contribution in [0.4, 0.5) is 0 Å². The molecule has 0 amide bonds. The van der Waals surface area contributed by atoms with Crippen molar-refractivity contribution in [1.82, 2.24) is 4.98 Å². The van der Waals surface area contributed by atoms with Gasteiger partial charge in [0.2, 0.25) is 0 Å². The first kappa shape index (κ1) is 11.8. The Bertz CT molecular complexity index is 546. The van der Waals surface area contributed by atoms with E-state index >= 15 is 0 Å². The summed E-state index contributed by atoms with van der Waals surface area (Å²) in [7, 11) is 0. The fraction of sp³-hybridized carbons (Fsp3) is 0.167. The number of aromatic nitrogens is 1. The minimum Gasteiger partial charge on any atom is -0.508 e. The van der Waals surface area contributed by atoms with Crippen LogP contribution in [-0.2, 0) is 0 Å². The van der Waals surface area contributed by atoms with Crippen LogP contribution in [0.15, 0.2) is 24.3 Å². The molecule has 0 aliphatic heterocycles. The number of phenols is 1. The lowest BCUT2D eigenvalue weighted by molar-refractivity contribution is 0.100. The van der Waals surface area contributed by atoms with Gasteiger partial charge in [0.1, 0.15) is 10.8 Å². The number of benzene rings is 1. The molecule has 0 aliphatic rings. The molecule has 1 aromatic carbocycles. The maximum atomic E-state index is 11.5. The van der Waals surface area contributed by atoms with Crippen molar-refractivity contribution in [2.24, 2.45) is 5.73 Å². The van der Waals surface area contributed by atoms with Crippen molar-refractivity contribution in [3.63, 3.8) is 0 Å². The predicted molar refractivity (Wildman–Crippen MR) is 67.3 cm³/mol. The second-order valence-corrected chi connectivity index (χ2v) is 4.61. The zero-order valence-electron chi connectivity index (χ0n) is 9.30. The van der Waals surface area contributed by atoms with Crippen LogP contribution in [-0.4, -0.2) is 22.4 Å². The topological polar surface area (TPSA) is 76.2 Å². The van der Waals surface area contributed by atoms with Crippen LogP contribution in [0.5, 0.6) is 5.75 Å². The van der Waals surface area contributed by atoms with Crippen LogP contribution < -0.4 is 5.73 Å². The Morgan fingerprint density at radius 1 is 1.41 bits per heavy atom. The summed E-state index contributed by atoms with van der Waals surface area (Å²) in [5.41, 5.74) is 6.92. The summed E-state index contributed by atoms with van der Waals surface area (Å²) in [6.45, 7) is 1.79. The molecule has 3 N–H and O–H groups in total. The zero-order valence-corrected chi connectivity index (χ0v) is 10.1. The number of nitrogens with zero attached hydrogens (tertiary/aromatic N) is 1. The third-order valence-corrected chi connectivity index (χ3v) is 3.60.